The van der Waals surface area contributed by atoms with Gasteiger partial charge in [0.25, 0.3) is 5.91 Å². The van der Waals surface area contributed by atoms with Crippen molar-refractivity contribution in [1.29, 1.82) is 0 Å². The van der Waals surface area contributed by atoms with Gasteiger partial charge in [0, 0.05) is 5.56 Å². The van der Waals surface area contributed by atoms with Crippen molar-refractivity contribution in [3.05, 3.63) is 63.7 Å². The maximum atomic E-state index is 12.3. The van der Waals surface area contributed by atoms with Crippen molar-refractivity contribution in [3.63, 3.8) is 0 Å². The van der Waals surface area contributed by atoms with Gasteiger partial charge in [-0.15, -0.1) is 0 Å². The molecule has 2 aromatic carbocycles. The molecule has 1 aliphatic rings. The van der Waals surface area contributed by atoms with Gasteiger partial charge < -0.3 is 10.4 Å². The fourth-order valence-electron chi connectivity index (χ4n) is 3.03. The minimum atomic E-state index is -0.197. The number of carbonyl (C=O) groups is 1. The summed E-state index contributed by atoms with van der Waals surface area (Å²) in [4.78, 5) is 12.3. The predicted octanol–water partition coefficient (Wildman–Crippen LogP) is 4.42. The number of hydrogen-bond acceptors (Lipinski definition) is 2. The third kappa shape index (κ3) is 3.50. The molecule has 0 fully saturated rings. The number of phenols is 1. The Kier molecular flexibility index (Phi) is 4.58. The average molecular weight is 330 g/mol. The van der Waals surface area contributed by atoms with Crippen LogP contribution in [-0.4, -0.2) is 11.0 Å². The number of nitrogens with one attached hydrogen (secondary N) is 1. The summed E-state index contributed by atoms with van der Waals surface area (Å²) in [5.41, 5.74) is 4.40. The summed E-state index contributed by atoms with van der Waals surface area (Å²) < 4.78 is 0. The molecule has 2 aromatic rings. The fraction of sp³-hybridized carbons (Fsp3) is 0.316. The van der Waals surface area contributed by atoms with Crippen LogP contribution in [0.5, 0.6) is 5.75 Å². The molecule has 0 radical (unpaired) electrons. The van der Waals surface area contributed by atoms with Gasteiger partial charge in [0.1, 0.15) is 5.75 Å². The number of aryl methyl sites for hydroxylation is 2. The second-order valence-electron chi connectivity index (χ2n) is 6.10. The Balaban J connectivity index is 1.74. The molecular formula is C19H20ClNO2. The normalized spacial score (nSPS) is 14.9. The molecule has 3 nitrogen and oxygen atoms in total. The molecule has 0 bridgehead atoms. The molecule has 0 saturated heterocycles. The minimum Gasteiger partial charge on any atom is -0.506 e. The quantitative estimate of drug-likeness (QED) is 0.876. The van der Waals surface area contributed by atoms with E-state index in [1.54, 1.807) is 6.07 Å². The number of carbonyl (C=O) groups excluding carboxylic acids is 1. The van der Waals surface area contributed by atoms with E-state index < -0.39 is 0 Å². The van der Waals surface area contributed by atoms with E-state index in [-0.39, 0.29) is 22.7 Å². The smallest absolute Gasteiger partial charge is 0.251 e. The van der Waals surface area contributed by atoms with E-state index in [0.29, 0.717) is 5.56 Å². The van der Waals surface area contributed by atoms with E-state index in [4.69, 9.17) is 11.6 Å². The second-order valence-corrected chi connectivity index (χ2v) is 6.50. The molecule has 0 aromatic heterocycles. The molecule has 120 valence electrons. The van der Waals surface area contributed by atoms with Crippen LogP contribution in [0.4, 0.5) is 0 Å². The zero-order valence-electron chi connectivity index (χ0n) is 13.1. The highest BCUT2D eigenvalue weighted by molar-refractivity contribution is 6.32. The first kappa shape index (κ1) is 15.9. The third-order valence-corrected chi connectivity index (χ3v) is 4.73. The first-order valence-electron chi connectivity index (χ1n) is 7.95. The van der Waals surface area contributed by atoms with Crippen molar-refractivity contribution in [3.8, 4) is 5.75 Å². The zero-order chi connectivity index (χ0) is 16.4. The molecule has 0 spiro atoms. The lowest BCUT2D eigenvalue weighted by Crippen LogP contribution is -2.26. The van der Waals surface area contributed by atoms with Gasteiger partial charge in [0.05, 0.1) is 11.1 Å². The van der Waals surface area contributed by atoms with E-state index in [2.05, 4.69) is 23.5 Å². The fourth-order valence-corrected chi connectivity index (χ4v) is 3.21. The molecule has 0 heterocycles. The van der Waals surface area contributed by atoms with Crippen LogP contribution >= 0.6 is 11.6 Å². The standard InChI is InChI=1S/C19H20ClNO2/c1-12(14-7-6-13-4-2-3-5-15(13)10-14)21-19(23)16-8-9-18(22)17(20)11-16/h6-12,22H,2-5H2,1H3,(H,21,23)/t12-/m1/s1. The molecule has 3 rings (SSSR count). The number of halogens is 1. The summed E-state index contributed by atoms with van der Waals surface area (Å²) in [6.07, 6.45) is 4.78. The van der Waals surface area contributed by atoms with Crippen molar-refractivity contribution < 1.29 is 9.90 Å². The van der Waals surface area contributed by atoms with Crippen LogP contribution in [0.3, 0.4) is 0 Å². The van der Waals surface area contributed by atoms with E-state index in [9.17, 15) is 9.90 Å². The number of phenolic OH excluding ortho intramolecular Hbond substituents is 1. The van der Waals surface area contributed by atoms with Crippen molar-refractivity contribution >= 4 is 17.5 Å². The summed E-state index contributed by atoms with van der Waals surface area (Å²) in [5, 5.41) is 12.6. The van der Waals surface area contributed by atoms with E-state index in [1.165, 1.54) is 36.1 Å². The van der Waals surface area contributed by atoms with Crippen LogP contribution in [0.1, 0.15) is 52.9 Å². The van der Waals surface area contributed by atoms with Gasteiger partial charge in [-0.25, -0.2) is 0 Å². The summed E-state index contributed by atoms with van der Waals surface area (Å²) in [5.74, 6) is -0.219. The lowest BCUT2D eigenvalue weighted by Gasteiger charge is -2.20. The van der Waals surface area contributed by atoms with Crippen molar-refractivity contribution in [2.75, 3.05) is 0 Å². The molecule has 0 saturated carbocycles. The Bertz CT molecular complexity index is 742. The number of amides is 1. The Labute approximate surface area is 141 Å². The molecular weight excluding hydrogens is 310 g/mol. The van der Waals surface area contributed by atoms with Gasteiger partial charge in [-0.05, 0) is 67.5 Å². The maximum absolute atomic E-state index is 12.3. The molecule has 23 heavy (non-hydrogen) atoms. The summed E-state index contributed by atoms with van der Waals surface area (Å²) >= 11 is 5.86. The van der Waals surface area contributed by atoms with E-state index in [1.807, 2.05) is 6.92 Å². The van der Waals surface area contributed by atoms with Gasteiger partial charge >= 0.3 is 0 Å². The minimum absolute atomic E-state index is 0.0223. The Hall–Kier alpha value is -2.00. The van der Waals surface area contributed by atoms with E-state index in [0.717, 1.165) is 18.4 Å². The van der Waals surface area contributed by atoms with Crippen molar-refractivity contribution in [1.82, 2.24) is 5.32 Å². The molecule has 4 heteroatoms. The highest BCUT2D eigenvalue weighted by atomic mass is 35.5. The monoisotopic (exact) mass is 329 g/mol. The van der Waals surface area contributed by atoms with Crippen LogP contribution in [0.15, 0.2) is 36.4 Å². The SMILES string of the molecule is C[C@@H](NC(=O)c1ccc(O)c(Cl)c1)c1ccc2c(c1)CCCC2. The van der Waals surface area contributed by atoms with Crippen molar-refractivity contribution in [2.45, 2.75) is 38.6 Å². The highest BCUT2D eigenvalue weighted by Gasteiger charge is 2.15. The number of rotatable bonds is 3. The Morgan fingerprint density at radius 3 is 2.61 bits per heavy atom. The molecule has 0 aliphatic heterocycles. The molecule has 0 unspecified atom stereocenters. The lowest BCUT2D eigenvalue weighted by molar-refractivity contribution is 0.0940. The number of hydrogen-bond donors (Lipinski definition) is 2. The van der Waals surface area contributed by atoms with Crippen LogP contribution in [0.2, 0.25) is 5.02 Å². The average Bonchev–Trinajstić information content (AvgIpc) is 2.56. The molecule has 1 atom stereocenters. The topological polar surface area (TPSA) is 49.3 Å². The Morgan fingerprint density at radius 2 is 1.87 bits per heavy atom. The first-order chi connectivity index (χ1) is 11.0. The number of fused-ring (bicyclic) bond motifs is 1. The van der Waals surface area contributed by atoms with Gasteiger partial charge in [0.15, 0.2) is 0 Å². The van der Waals surface area contributed by atoms with Crippen LogP contribution in [-0.2, 0) is 12.8 Å². The largest absolute Gasteiger partial charge is 0.506 e. The number of aromatic hydroxyl groups is 1. The summed E-state index contributed by atoms with van der Waals surface area (Å²) in [7, 11) is 0. The zero-order valence-corrected chi connectivity index (χ0v) is 13.9. The number of benzene rings is 2. The molecule has 2 N–H and O–H groups in total. The van der Waals surface area contributed by atoms with Gasteiger partial charge in [-0.2, -0.15) is 0 Å². The lowest BCUT2D eigenvalue weighted by atomic mass is 9.89. The molecule has 1 aliphatic carbocycles. The van der Waals surface area contributed by atoms with Crippen molar-refractivity contribution in [2.24, 2.45) is 0 Å². The van der Waals surface area contributed by atoms with Gasteiger partial charge in [-0.3, -0.25) is 4.79 Å². The highest BCUT2D eigenvalue weighted by Crippen LogP contribution is 2.26. The van der Waals surface area contributed by atoms with Crippen LogP contribution in [0, 0.1) is 0 Å². The second kappa shape index (κ2) is 6.63. The third-order valence-electron chi connectivity index (χ3n) is 4.43. The Morgan fingerprint density at radius 1 is 1.13 bits per heavy atom. The molecule has 1 amide bonds. The van der Waals surface area contributed by atoms with E-state index >= 15 is 0 Å². The van der Waals surface area contributed by atoms with Gasteiger partial charge in [-0.1, -0.05) is 29.8 Å². The first-order valence-corrected chi connectivity index (χ1v) is 8.33. The predicted molar refractivity (Wildman–Crippen MR) is 92.1 cm³/mol. The maximum Gasteiger partial charge on any atom is 0.251 e. The van der Waals surface area contributed by atoms with Crippen LogP contribution in [0.25, 0.3) is 0 Å². The van der Waals surface area contributed by atoms with Crippen LogP contribution < -0.4 is 5.32 Å². The summed E-state index contributed by atoms with van der Waals surface area (Å²) in [6, 6.07) is 10.9. The summed E-state index contributed by atoms with van der Waals surface area (Å²) in [6.45, 7) is 1.98. The van der Waals surface area contributed by atoms with Gasteiger partial charge in [0.2, 0.25) is 0 Å².